The molecule has 3 heterocycles. The fourth-order valence-electron chi connectivity index (χ4n) is 4.16. The Labute approximate surface area is 188 Å². The average molecular weight is 458 g/mol. The molecule has 4 aromatic rings. The lowest BCUT2D eigenvalue weighted by molar-refractivity contribution is 0.211. The molecule has 2 aromatic heterocycles. The molecule has 0 amide bonds. The molecule has 1 atom stereocenters. The van der Waals surface area contributed by atoms with Crippen molar-refractivity contribution in [1.82, 2.24) is 19.5 Å². The van der Waals surface area contributed by atoms with E-state index in [2.05, 4.69) is 19.9 Å². The third-order valence-corrected chi connectivity index (χ3v) is 7.04. The van der Waals surface area contributed by atoms with Crippen molar-refractivity contribution in [2.45, 2.75) is 13.0 Å². The molecule has 6 nitrogen and oxygen atoms in total. The van der Waals surface area contributed by atoms with Gasteiger partial charge in [0.05, 0.1) is 16.6 Å². The third-order valence-electron chi connectivity index (χ3n) is 5.63. The maximum atomic E-state index is 14.3. The molecule has 1 aliphatic heterocycles. The highest BCUT2D eigenvalue weighted by Crippen LogP contribution is 2.42. The van der Waals surface area contributed by atoms with Crippen LogP contribution in [0.4, 0.5) is 10.1 Å². The van der Waals surface area contributed by atoms with Crippen molar-refractivity contribution in [3.8, 4) is 5.88 Å². The van der Waals surface area contributed by atoms with Crippen LogP contribution in [0, 0.1) is 12.7 Å². The van der Waals surface area contributed by atoms with Crippen LogP contribution in [0.5, 0.6) is 5.88 Å². The molecular weight excluding hydrogens is 437 g/mol. The van der Waals surface area contributed by atoms with Crippen LogP contribution in [0.1, 0.15) is 22.3 Å². The van der Waals surface area contributed by atoms with Crippen molar-refractivity contribution in [1.29, 1.82) is 0 Å². The standard InChI is InChI=1S/C22H21ClFN5OS/c1-14-25-22-29(26-14)21(30)20(31-22)19(15-6-2-3-7-16(15)23)28-12-10-27(11-13-28)18-9-5-4-8-17(18)24/h2-9,19,30H,10-13H2,1H3. The number of hydrogen-bond acceptors (Lipinski definition) is 6. The Hall–Kier alpha value is -2.68. The van der Waals surface area contributed by atoms with Crippen molar-refractivity contribution in [2.75, 3.05) is 31.1 Å². The topological polar surface area (TPSA) is 56.9 Å². The molecule has 160 valence electrons. The molecule has 1 saturated heterocycles. The second-order valence-corrected chi connectivity index (χ2v) is 8.96. The van der Waals surface area contributed by atoms with Crippen molar-refractivity contribution in [2.24, 2.45) is 0 Å². The SMILES string of the molecule is Cc1nc2sc(C(c3ccccc3Cl)N3CCN(c4ccccc4F)CC3)c(O)n2n1. The van der Waals surface area contributed by atoms with E-state index in [4.69, 9.17) is 11.6 Å². The number of aromatic hydroxyl groups is 1. The number of rotatable bonds is 4. The summed E-state index contributed by atoms with van der Waals surface area (Å²) in [5, 5.41) is 15.9. The summed E-state index contributed by atoms with van der Waals surface area (Å²) in [5.74, 6) is 0.486. The molecule has 0 radical (unpaired) electrons. The normalized spacial score (nSPS) is 16.2. The number of hydrogen-bond donors (Lipinski definition) is 1. The Balaban J connectivity index is 1.50. The number of thiazole rings is 1. The molecule has 1 N–H and O–H groups in total. The van der Waals surface area contributed by atoms with Gasteiger partial charge in [0.1, 0.15) is 11.6 Å². The fraction of sp³-hybridized carbons (Fsp3) is 0.273. The second-order valence-electron chi connectivity index (χ2n) is 7.54. The van der Waals surface area contributed by atoms with Gasteiger partial charge < -0.3 is 10.0 Å². The summed E-state index contributed by atoms with van der Waals surface area (Å²) in [6.45, 7) is 4.52. The molecule has 0 bridgehead atoms. The lowest BCUT2D eigenvalue weighted by Gasteiger charge is -2.40. The van der Waals surface area contributed by atoms with E-state index in [1.54, 1.807) is 13.0 Å². The number of fused-ring (bicyclic) bond motifs is 1. The van der Waals surface area contributed by atoms with Gasteiger partial charge in [-0.15, -0.1) is 5.10 Å². The van der Waals surface area contributed by atoms with Gasteiger partial charge in [0.15, 0.2) is 0 Å². The Morgan fingerprint density at radius 3 is 2.48 bits per heavy atom. The zero-order valence-corrected chi connectivity index (χ0v) is 18.4. The number of anilines is 1. The van der Waals surface area contributed by atoms with E-state index in [1.165, 1.54) is 21.9 Å². The predicted molar refractivity (Wildman–Crippen MR) is 121 cm³/mol. The van der Waals surface area contributed by atoms with Crippen LogP contribution in [0.15, 0.2) is 48.5 Å². The number of halogens is 2. The Kier molecular flexibility index (Phi) is 5.29. The molecule has 2 aromatic carbocycles. The Morgan fingerprint density at radius 1 is 1.06 bits per heavy atom. The van der Waals surface area contributed by atoms with Gasteiger partial charge in [0.2, 0.25) is 10.8 Å². The van der Waals surface area contributed by atoms with E-state index in [-0.39, 0.29) is 17.7 Å². The average Bonchev–Trinajstić information content (AvgIpc) is 3.28. The third kappa shape index (κ3) is 3.64. The highest BCUT2D eigenvalue weighted by molar-refractivity contribution is 7.17. The van der Waals surface area contributed by atoms with Gasteiger partial charge in [-0.2, -0.15) is 4.52 Å². The van der Waals surface area contributed by atoms with Crippen molar-refractivity contribution in [3.63, 3.8) is 0 Å². The van der Waals surface area contributed by atoms with Gasteiger partial charge in [0.25, 0.3) is 0 Å². The largest absolute Gasteiger partial charge is 0.492 e. The number of para-hydroxylation sites is 1. The van der Waals surface area contributed by atoms with E-state index in [1.807, 2.05) is 36.4 Å². The number of aryl methyl sites for hydroxylation is 1. The maximum absolute atomic E-state index is 14.3. The van der Waals surface area contributed by atoms with E-state index < -0.39 is 0 Å². The van der Waals surface area contributed by atoms with E-state index in [0.717, 1.165) is 10.4 Å². The number of benzene rings is 2. The van der Waals surface area contributed by atoms with E-state index >= 15 is 0 Å². The number of aromatic nitrogens is 3. The van der Waals surface area contributed by atoms with Crippen LogP contribution in [-0.2, 0) is 0 Å². The molecule has 1 fully saturated rings. The summed E-state index contributed by atoms with van der Waals surface area (Å²) < 4.78 is 15.7. The van der Waals surface area contributed by atoms with Gasteiger partial charge in [-0.3, -0.25) is 4.90 Å². The molecule has 0 spiro atoms. The van der Waals surface area contributed by atoms with Crippen molar-refractivity contribution >= 4 is 33.6 Å². The minimum atomic E-state index is -0.245. The first-order valence-electron chi connectivity index (χ1n) is 10.1. The number of piperazine rings is 1. The van der Waals surface area contributed by atoms with Crippen LogP contribution in [0.25, 0.3) is 4.96 Å². The van der Waals surface area contributed by atoms with Gasteiger partial charge in [-0.25, -0.2) is 9.37 Å². The summed E-state index contributed by atoms with van der Waals surface area (Å²) in [6, 6.07) is 14.3. The van der Waals surface area contributed by atoms with Crippen LogP contribution < -0.4 is 4.90 Å². The molecule has 0 aliphatic carbocycles. The first-order valence-corrected chi connectivity index (χ1v) is 11.3. The van der Waals surface area contributed by atoms with E-state index in [9.17, 15) is 9.50 Å². The zero-order chi connectivity index (χ0) is 21.5. The summed E-state index contributed by atoms with van der Waals surface area (Å²) in [6.07, 6.45) is 0. The first kappa shape index (κ1) is 20.2. The van der Waals surface area contributed by atoms with Gasteiger partial charge in [0, 0.05) is 31.2 Å². The molecular formula is C22H21ClFN5OS. The molecule has 1 unspecified atom stereocenters. The van der Waals surface area contributed by atoms with Crippen molar-refractivity contribution in [3.05, 3.63) is 75.6 Å². The zero-order valence-electron chi connectivity index (χ0n) is 16.9. The maximum Gasteiger partial charge on any atom is 0.230 e. The molecule has 0 saturated carbocycles. The molecule has 5 rings (SSSR count). The molecule has 31 heavy (non-hydrogen) atoms. The van der Waals surface area contributed by atoms with E-state index in [0.29, 0.717) is 47.7 Å². The quantitative estimate of drug-likeness (QED) is 0.488. The van der Waals surface area contributed by atoms with Gasteiger partial charge in [-0.1, -0.05) is 53.3 Å². The Bertz CT molecular complexity index is 1230. The fourth-order valence-corrected chi connectivity index (χ4v) is 5.55. The summed E-state index contributed by atoms with van der Waals surface area (Å²) >= 11 is 8.00. The number of nitrogens with zero attached hydrogens (tertiary/aromatic N) is 5. The first-order chi connectivity index (χ1) is 15.0. The minimum Gasteiger partial charge on any atom is -0.492 e. The summed E-state index contributed by atoms with van der Waals surface area (Å²) in [5.41, 5.74) is 1.54. The van der Waals surface area contributed by atoms with Crippen LogP contribution in [0.2, 0.25) is 5.02 Å². The summed E-state index contributed by atoms with van der Waals surface area (Å²) in [4.78, 5) is 10.1. The molecule has 9 heteroatoms. The lowest BCUT2D eigenvalue weighted by Crippen LogP contribution is -2.48. The minimum absolute atomic E-state index is 0.0852. The smallest absolute Gasteiger partial charge is 0.230 e. The second kappa shape index (κ2) is 8.11. The van der Waals surface area contributed by atoms with Crippen LogP contribution in [0.3, 0.4) is 0 Å². The monoisotopic (exact) mass is 457 g/mol. The Morgan fingerprint density at radius 2 is 1.77 bits per heavy atom. The molecule has 1 aliphatic rings. The summed E-state index contributed by atoms with van der Waals surface area (Å²) in [7, 11) is 0. The lowest BCUT2D eigenvalue weighted by atomic mass is 10.0. The predicted octanol–water partition coefficient (Wildman–Crippen LogP) is 4.51. The van der Waals surface area contributed by atoms with Gasteiger partial charge >= 0.3 is 0 Å². The van der Waals surface area contributed by atoms with Crippen LogP contribution >= 0.6 is 22.9 Å². The van der Waals surface area contributed by atoms with Crippen LogP contribution in [-0.4, -0.2) is 50.8 Å². The highest BCUT2D eigenvalue weighted by Gasteiger charge is 2.33. The highest BCUT2D eigenvalue weighted by atomic mass is 35.5. The van der Waals surface area contributed by atoms with Crippen molar-refractivity contribution < 1.29 is 9.50 Å². The van der Waals surface area contributed by atoms with Gasteiger partial charge in [-0.05, 0) is 30.7 Å².